The van der Waals surface area contributed by atoms with Crippen molar-refractivity contribution in [3.63, 3.8) is 0 Å². The first kappa shape index (κ1) is 15.5. The van der Waals surface area contributed by atoms with Crippen molar-refractivity contribution in [1.29, 1.82) is 0 Å². The van der Waals surface area contributed by atoms with E-state index in [4.69, 9.17) is 0 Å². The number of amides is 1. The minimum Gasteiger partial charge on any atom is -0.367 e. The lowest BCUT2D eigenvalue weighted by Gasteiger charge is -2.36. The van der Waals surface area contributed by atoms with Gasteiger partial charge in [-0.2, -0.15) is 0 Å². The van der Waals surface area contributed by atoms with E-state index in [1.54, 1.807) is 6.20 Å². The highest BCUT2D eigenvalue weighted by Gasteiger charge is 2.22. The van der Waals surface area contributed by atoms with Crippen molar-refractivity contribution in [2.45, 2.75) is 19.8 Å². The van der Waals surface area contributed by atoms with Gasteiger partial charge in [0.2, 0.25) is 0 Å². The molecule has 0 spiro atoms. The van der Waals surface area contributed by atoms with Crippen LogP contribution < -0.4 is 4.90 Å². The standard InChI is InChI=1S/C19H23N3O/c1-15(2)16-5-7-17(8-6-16)19(23)22-12-10-21(11-13-22)18-4-3-9-20-14-18/h3-9,14-15H,10-13H2,1-2H3. The molecule has 4 nitrogen and oxygen atoms in total. The van der Waals surface area contributed by atoms with Gasteiger partial charge in [-0.25, -0.2) is 0 Å². The Balaban J connectivity index is 1.62. The Bertz CT molecular complexity index is 644. The van der Waals surface area contributed by atoms with Gasteiger partial charge in [0, 0.05) is 37.9 Å². The number of piperazine rings is 1. The summed E-state index contributed by atoms with van der Waals surface area (Å²) in [4.78, 5) is 21.0. The minimum atomic E-state index is 0.131. The monoisotopic (exact) mass is 309 g/mol. The maximum atomic E-state index is 12.6. The average molecular weight is 309 g/mol. The van der Waals surface area contributed by atoms with Crippen LogP contribution in [0.2, 0.25) is 0 Å². The van der Waals surface area contributed by atoms with Crippen molar-refractivity contribution in [2.75, 3.05) is 31.1 Å². The van der Waals surface area contributed by atoms with Crippen molar-refractivity contribution < 1.29 is 4.79 Å². The summed E-state index contributed by atoms with van der Waals surface area (Å²) in [5, 5.41) is 0. The lowest BCUT2D eigenvalue weighted by molar-refractivity contribution is 0.0747. The highest BCUT2D eigenvalue weighted by Crippen LogP contribution is 2.18. The fourth-order valence-corrected chi connectivity index (χ4v) is 2.90. The van der Waals surface area contributed by atoms with Gasteiger partial charge in [-0.05, 0) is 35.7 Å². The minimum absolute atomic E-state index is 0.131. The first-order chi connectivity index (χ1) is 11.1. The van der Waals surface area contributed by atoms with Crippen LogP contribution in [-0.4, -0.2) is 42.0 Å². The molecule has 120 valence electrons. The van der Waals surface area contributed by atoms with Crippen LogP contribution in [0, 0.1) is 0 Å². The summed E-state index contributed by atoms with van der Waals surface area (Å²) < 4.78 is 0. The van der Waals surface area contributed by atoms with Crippen LogP contribution in [0.4, 0.5) is 5.69 Å². The normalized spacial score (nSPS) is 15.1. The molecule has 23 heavy (non-hydrogen) atoms. The summed E-state index contributed by atoms with van der Waals surface area (Å²) >= 11 is 0. The molecule has 1 amide bonds. The van der Waals surface area contributed by atoms with Gasteiger partial charge < -0.3 is 9.80 Å². The summed E-state index contributed by atoms with van der Waals surface area (Å²) in [6, 6.07) is 12.0. The van der Waals surface area contributed by atoms with Gasteiger partial charge in [0.05, 0.1) is 11.9 Å². The molecule has 1 aromatic carbocycles. The largest absolute Gasteiger partial charge is 0.367 e. The third-order valence-electron chi connectivity index (χ3n) is 4.40. The molecule has 0 aliphatic carbocycles. The molecule has 2 heterocycles. The molecule has 1 aromatic heterocycles. The Labute approximate surface area is 137 Å². The number of rotatable bonds is 3. The SMILES string of the molecule is CC(C)c1ccc(C(=O)N2CCN(c3cccnc3)CC2)cc1. The molecule has 2 aromatic rings. The lowest BCUT2D eigenvalue weighted by Crippen LogP contribution is -2.48. The Morgan fingerprint density at radius 2 is 1.74 bits per heavy atom. The average Bonchev–Trinajstić information content (AvgIpc) is 2.62. The van der Waals surface area contributed by atoms with Gasteiger partial charge in [-0.3, -0.25) is 9.78 Å². The second kappa shape index (κ2) is 6.82. The van der Waals surface area contributed by atoms with Crippen LogP contribution in [-0.2, 0) is 0 Å². The molecule has 4 heteroatoms. The second-order valence-electron chi connectivity index (χ2n) is 6.27. The summed E-state index contributed by atoms with van der Waals surface area (Å²) in [6.45, 7) is 7.52. The highest BCUT2D eigenvalue weighted by molar-refractivity contribution is 5.94. The van der Waals surface area contributed by atoms with E-state index in [2.05, 4.69) is 41.9 Å². The zero-order valence-electron chi connectivity index (χ0n) is 13.8. The Hall–Kier alpha value is -2.36. The Kier molecular flexibility index (Phi) is 4.60. The zero-order valence-corrected chi connectivity index (χ0v) is 13.8. The van der Waals surface area contributed by atoms with Crippen LogP contribution in [0.25, 0.3) is 0 Å². The number of aromatic nitrogens is 1. The quantitative estimate of drug-likeness (QED) is 0.874. The topological polar surface area (TPSA) is 36.4 Å². The number of pyridine rings is 1. The molecule has 0 radical (unpaired) electrons. The van der Waals surface area contributed by atoms with Crippen LogP contribution in [0.1, 0.15) is 35.7 Å². The molecule has 0 saturated carbocycles. The van der Waals surface area contributed by atoms with Gasteiger partial charge >= 0.3 is 0 Å². The van der Waals surface area contributed by atoms with E-state index >= 15 is 0 Å². The predicted octanol–water partition coefficient (Wildman–Crippen LogP) is 3.17. The van der Waals surface area contributed by atoms with E-state index in [1.807, 2.05) is 29.3 Å². The molecule has 0 unspecified atom stereocenters. The van der Waals surface area contributed by atoms with Crippen molar-refractivity contribution in [3.8, 4) is 0 Å². The molecule has 1 fully saturated rings. The molecule has 3 rings (SSSR count). The molecule has 1 saturated heterocycles. The van der Waals surface area contributed by atoms with E-state index in [0.717, 1.165) is 37.4 Å². The maximum Gasteiger partial charge on any atom is 0.253 e. The first-order valence-corrected chi connectivity index (χ1v) is 8.19. The van der Waals surface area contributed by atoms with Crippen molar-refractivity contribution in [1.82, 2.24) is 9.88 Å². The van der Waals surface area contributed by atoms with Crippen LogP contribution in [0.5, 0.6) is 0 Å². The zero-order chi connectivity index (χ0) is 16.2. The van der Waals surface area contributed by atoms with Gasteiger partial charge in [0.25, 0.3) is 5.91 Å². The fourth-order valence-electron chi connectivity index (χ4n) is 2.90. The fraction of sp³-hybridized carbons (Fsp3) is 0.368. The van der Waals surface area contributed by atoms with Gasteiger partial charge in [0.15, 0.2) is 0 Å². The molecule has 1 aliphatic heterocycles. The summed E-state index contributed by atoms with van der Waals surface area (Å²) in [6.07, 6.45) is 3.66. The van der Waals surface area contributed by atoms with E-state index < -0.39 is 0 Å². The first-order valence-electron chi connectivity index (χ1n) is 8.19. The number of nitrogens with zero attached hydrogens (tertiary/aromatic N) is 3. The summed E-state index contributed by atoms with van der Waals surface area (Å²) in [5.41, 5.74) is 3.17. The van der Waals surface area contributed by atoms with E-state index in [1.165, 1.54) is 5.56 Å². The van der Waals surface area contributed by atoms with Gasteiger partial charge in [0.1, 0.15) is 0 Å². The number of carbonyl (C=O) groups is 1. The van der Waals surface area contributed by atoms with Crippen molar-refractivity contribution in [3.05, 3.63) is 59.9 Å². The van der Waals surface area contributed by atoms with E-state index in [0.29, 0.717) is 5.92 Å². The third-order valence-corrected chi connectivity index (χ3v) is 4.40. The van der Waals surface area contributed by atoms with Crippen LogP contribution in [0.15, 0.2) is 48.8 Å². The Morgan fingerprint density at radius 3 is 2.30 bits per heavy atom. The molecule has 0 atom stereocenters. The van der Waals surface area contributed by atoms with Crippen LogP contribution >= 0.6 is 0 Å². The maximum absolute atomic E-state index is 12.6. The smallest absolute Gasteiger partial charge is 0.253 e. The van der Waals surface area contributed by atoms with Gasteiger partial charge in [-0.1, -0.05) is 26.0 Å². The number of hydrogen-bond donors (Lipinski definition) is 0. The van der Waals surface area contributed by atoms with E-state index in [9.17, 15) is 4.79 Å². The van der Waals surface area contributed by atoms with Crippen LogP contribution in [0.3, 0.4) is 0 Å². The molecular weight excluding hydrogens is 286 g/mol. The highest BCUT2D eigenvalue weighted by atomic mass is 16.2. The molecular formula is C19H23N3O. The van der Waals surface area contributed by atoms with Gasteiger partial charge in [-0.15, -0.1) is 0 Å². The lowest BCUT2D eigenvalue weighted by atomic mass is 10.0. The predicted molar refractivity (Wildman–Crippen MR) is 92.9 cm³/mol. The summed E-state index contributed by atoms with van der Waals surface area (Å²) in [5.74, 6) is 0.619. The number of anilines is 1. The van der Waals surface area contributed by atoms with Crippen molar-refractivity contribution >= 4 is 11.6 Å². The summed E-state index contributed by atoms with van der Waals surface area (Å²) in [7, 11) is 0. The molecule has 0 N–H and O–H groups in total. The second-order valence-corrected chi connectivity index (χ2v) is 6.27. The van der Waals surface area contributed by atoms with E-state index in [-0.39, 0.29) is 5.91 Å². The third kappa shape index (κ3) is 3.52. The Morgan fingerprint density at radius 1 is 1.04 bits per heavy atom. The van der Waals surface area contributed by atoms with Crippen molar-refractivity contribution in [2.24, 2.45) is 0 Å². The number of benzene rings is 1. The molecule has 1 aliphatic rings. The molecule has 0 bridgehead atoms. The number of hydrogen-bond acceptors (Lipinski definition) is 3. The number of carbonyl (C=O) groups excluding carboxylic acids is 1.